The normalized spacial score (nSPS) is 12.5. The van der Waals surface area contributed by atoms with Crippen molar-refractivity contribution >= 4 is 52.4 Å². The van der Waals surface area contributed by atoms with Gasteiger partial charge in [-0.1, -0.05) is 47.5 Å². The maximum Gasteiger partial charge on any atom is 0.248 e. The molecule has 1 aliphatic rings. The van der Waals surface area contributed by atoms with Crippen molar-refractivity contribution in [3.8, 4) is 5.75 Å². The fraction of sp³-hybridized carbons (Fsp3) is 0.0417. The molecule has 3 aromatic rings. The molecule has 0 bridgehead atoms. The lowest BCUT2D eigenvalue weighted by molar-refractivity contribution is -0.111. The van der Waals surface area contributed by atoms with Gasteiger partial charge in [0.25, 0.3) is 0 Å². The summed E-state index contributed by atoms with van der Waals surface area (Å²) < 4.78 is 5.25. The summed E-state index contributed by atoms with van der Waals surface area (Å²) >= 11 is 12.1. The number of rotatable bonds is 4. The lowest BCUT2D eigenvalue weighted by Crippen LogP contribution is -2.21. The third-order valence-corrected chi connectivity index (χ3v) is 5.35. The van der Waals surface area contributed by atoms with E-state index in [2.05, 4.69) is 5.32 Å². The molecule has 0 fully saturated rings. The standard InChI is InChI=1S/C24H15Cl2NO4/c1-31-24-13(10-14(25)11-20(24)26)6-9-21(28)27-15-7-8-18-19(12-15)23(30)17-5-3-2-4-16(17)22(18)29/h2-12H,1H3,(H,27,28)/b9-6+. The van der Waals surface area contributed by atoms with Crippen LogP contribution in [0.5, 0.6) is 5.75 Å². The molecule has 0 radical (unpaired) electrons. The predicted octanol–water partition coefficient (Wildman–Crippen LogP) is 5.43. The number of amides is 1. The van der Waals surface area contributed by atoms with Crippen LogP contribution in [0, 0.1) is 0 Å². The maximum absolute atomic E-state index is 12.8. The average Bonchev–Trinajstić information content (AvgIpc) is 2.75. The molecule has 7 heteroatoms. The fourth-order valence-corrected chi connectivity index (χ4v) is 4.03. The number of nitrogens with one attached hydrogen (secondary N) is 1. The highest BCUT2D eigenvalue weighted by Crippen LogP contribution is 2.33. The van der Waals surface area contributed by atoms with E-state index in [-0.39, 0.29) is 17.1 Å². The van der Waals surface area contributed by atoms with E-state index in [0.717, 1.165) is 0 Å². The highest BCUT2D eigenvalue weighted by Gasteiger charge is 2.29. The summed E-state index contributed by atoms with van der Waals surface area (Å²) in [5, 5.41) is 3.43. The van der Waals surface area contributed by atoms with Crippen molar-refractivity contribution in [3.63, 3.8) is 0 Å². The van der Waals surface area contributed by atoms with Crippen LogP contribution in [-0.2, 0) is 4.79 Å². The first-order chi connectivity index (χ1) is 14.9. The molecule has 1 aliphatic carbocycles. The van der Waals surface area contributed by atoms with Crippen molar-refractivity contribution in [2.75, 3.05) is 12.4 Å². The number of fused-ring (bicyclic) bond motifs is 2. The molecule has 5 nitrogen and oxygen atoms in total. The Balaban J connectivity index is 1.58. The van der Waals surface area contributed by atoms with Crippen molar-refractivity contribution < 1.29 is 19.1 Å². The molecule has 0 saturated carbocycles. The molecule has 0 heterocycles. The van der Waals surface area contributed by atoms with Crippen molar-refractivity contribution in [1.29, 1.82) is 0 Å². The first-order valence-electron chi connectivity index (χ1n) is 9.23. The lowest BCUT2D eigenvalue weighted by atomic mass is 9.84. The molecule has 0 atom stereocenters. The number of anilines is 1. The Hall–Kier alpha value is -3.41. The van der Waals surface area contributed by atoms with Crippen LogP contribution in [0.4, 0.5) is 5.69 Å². The third-order valence-electron chi connectivity index (χ3n) is 4.85. The maximum atomic E-state index is 12.8. The van der Waals surface area contributed by atoms with Gasteiger partial charge in [-0.25, -0.2) is 0 Å². The number of methoxy groups -OCH3 is 1. The van der Waals surface area contributed by atoms with E-state index in [1.54, 1.807) is 48.5 Å². The molecule has 0 aliphatic heterocycles. The molecule has 154 valence electrons. The monoisotopic (exact) mass is 451 g/mol. The molecule has 1 amide bonds. The van der Waals surface area contributed by atoms with Crippen LogP contribution in [-0.4, -0.2) is 24.6 Å². The van der Waals surface area contributed by atoms with E-state index in [9.17, 15) is 14.4 Å². The van der Waals surface area contributed by atoms with Gasteiger partial charge in [0, 0.05) is 44.6 Å². The summed E-state index contributed by atoms with van der Waals surface area (Å²) in [5.41, 5.74) is 2.24. The molecule has 0 unspecified atom stereocenters. The second-order valence-corrected chi connectivity index (χ2v) is 7.64. The zero-order valence-electron chi connectivity index (χ0n) is 16.2. The largest absolute Gasteiger partial charge is 0.495 e. The topological polar surface area (TPSA) is 72.5 Å². The Morgan fingerprint density at radius 1 is 0.903 bits per heavy atom. The number of benzene rings is 3. The molecule has 1 N–H and O–H groups in total. The Kier molecular flexibility index (Phi) is 5.63. The van der Waals surface area contributed by atoms with Crippen LogP contribution in [0.1, 0.15) is 37.4 Å². The summed E-state index contributed by atoms with van der Waals surface area (Å²) in [4.78, 5) is 37.9. The molecule has 0 spiro atoms. The number of carbonyl (C=O) groups is 3. The number of hydrogen-bond donors (Lipinski definition) is 1. The van der Waals surface area contributed by atoms with Crippen molar-refractivity contribution in [2.45, 2.75) is 0 Å². The Labute approximate surface area is 188 Å². The Bertz CT molecular complexity index is 1280. The quantitative estimate of drug-likeness (QED) is 0.419. The van der Waals surface area contributed by atoms with Crippen LogP contribution in [0.15, 0.2) is 60.7 Å². The number of hydrogen-bond acceptors (Lipinski definition) is 4. The van der Waals surface area contributed by atoms with Gasteiger partial charge in [-0.2, -0.15) is 0 Å². The zero-order valence-corrected chi connectivity index (χ0v) is 17.8. The predicted molar refractivity (Wildman–Crippen MR) is 120 cm³/mol. The molecule has 3 aromatic carbocycles. The van der Waals surface area contributed by atoms with Crippen LogP contribution < -0.4 is 10.1 Å². The molecular formula is C24H15Cl2NO4. The van der Waals surface area contributed by atoms with E-state index in [0.29, 0.717) is 43.7 Å². The van der Waals surface area contributed by atoms with Crippen molar-refractivity contribution in [3.05, 3.63) is 98.5 Å². The molecule has 4 rings (SSSR count). The number of halogens is 2. The molecule has 0 aromatic heterocycles. The first kappa shape index (κ1) is 20.8. The van der Waals surface area contributed by atoms with Gasteiger partial charge in [0.2, 0.25) is 5.91 Å². The molecule has 0 saturated heterocycles. The van der Waals surface area contributed by atoms with E-state index in [1.165, 1.54) is 25.3 Å². The van der Waals surface area contributed by atoms with E-state index >= 15 is 0 Å². The van der Waals surface area contributed by atoms with E-state index in [4.69, 9.17) is 27.9 Å². The van der Waals surface area contributed by atoms with Gasteiger partial charge in [-0.3, -0.25) is 14.4 Å². The summed E-state index contributed by atoms with van der Waals surface area (Å²) in [5.74, 6) is -0.511. The first-order valence-corrected chi connectivity index (χ1v) is 9.99. The second-order valence-electron chi connectivity index (χ2n) is 6.80. The highest BCUT2D eigenvalue weighted by molar-refractivity contribution is 6.36. The summed E-state index contributed by atoms with van der Waals surface area (Å²) in [6.07, 6.45) is 2.82. The van der Waals surface area contributed by atoms with Gasteiger partial charge in [0.05, 0.1) is 12.1 Å². The molecular weight excluding hydrogens is 437 g/mol. The van der Waals surface area contributed by atoms with Crippen molar-refractivity contribution in [1.82, 2.24) is 0 Å². The number of carbonyl (C=O) groups excluding carboxylic acids is 3. The van der Waals surface area contributed by atoms with Gasteiger partial charge in [0.15, 0.2) is 11.6 Å². The highest BCUT2D eigenvalue weighted by atomic mass is 35.5. The summed E-state index contributed by atoms with van der Waals surface area (Å²) in [6, 6.07) is 14.5. The summed E-state index contributed by atoms with van der Waals surface area (Å²) in [7, 11) is 1.47. The van der Waals surface area contributed by atoms with Crippen LogP contribution >= 0.6 is 23.2 Å². The fourth-order valence-electron chi connectivity index (χ4n) is 3.45. The minimum atomic E-state index is -0.437. The molecule has 31 heavy (non-hydrogen) atoms. The third kappa shape index (κ3) is 3.98. The van der Waals surface area contributed by atoms with Gasteiger partial charge >= 0.3 is 0 Å². The van der Waals surface area contributed by atoms with Crippen molar-refractivity contribution in [2.24, 2.45) is 0 Å². The van der Waals surface area contributed by atoms with E-state index in [1.807, 2.05) is 0 Å². The Morgan fingerprint density at radius 3 is 2.23 bits per heavy atom. The number of ether oxygens (including phenoxy) is 1. The average molecular weight is 452 g/mol. The van der Waals surface area contributed by atoms with Gasteiger partial charge < -0.3 is 10.1 Å². The number of ketones is 2. The SMILES string of the molecule is COc1c(Cl)cc(Cl)cc1/C=C/C(=O)Nc1ccc2c(c1)C(=O)c1ccccc1C2=O. The second kappa shape index (κ2) is 8.38. The lowest BCUT2D eigenvalue weighted by Gasteiger charge is -2.18. The van der Waals surface area contributed by atoms with Crippen LogP contribution in [0.25, 0.3) is 6.08 Å². The van der Waals surface area contributed by atoms with Crippen LogP contribution in [0.3, 0.4) is 0 Å². The van der Waals surface area contributed by atoms with Gasteiger partial charge in [-0.05, 0) is 36.4 Å². The Morgan fingerprint density at radius 2 is 1.55 bits per heavy atom. The minimum Gasteiger partial charge on any atom is -0.495 e. The summed E-state index contributed by atoms with van der Waals surface area (Å²) in [6.45, 7) is 0. The van der Waals surface area contributed by atoms with E-state index < -0.39 is 5.91 Å². The minimum absolute atomic E-state index is 0.215. The smallest absolute Gasteiger partial charge is 0.248 e. The van der Waals surface area contributed by atoms with Crippen LogP contribution in [0.2, 0.25) is 10.0 Å². The van der Waals surface area contributed by atoms with Gasteiger partial charge in [0.1, 0.15) is 5.75 Å². The van der Waals surface area contributed by atoms with Gasteiger partial charge in [-0.15, -0.1) is 0 Å². The zero-order chi connectivity index (χ0) is 22.1.